The summed E-state index contributed by atoms with van der Waals surface area (Å²) in [6.45, 7) is 1.43. The first-order valence-corrected chi connectivity index (χ1v) is 14.7. The maximum Gasteiger partial charge on any atom is 0.416 e. The molecule has 10 heteroatoms. The highest BCUT2D eigenvalue weighted by Crippen LogP contribution is 2.43. The van der Waals surface area contributed by atoms with Crippen molar-refractivity contribution in [3.63, 3.8) is 0 Å². The fourth-order valence-corrected chi connectivity index (χ4v) is 7.86. The van der Waals surface area contributed by atoms with Gasteiger partial charge in [0, 0.05) is 31.3 Å². The lowest BCUT2D eigenvalue weighted by atomic mass is 9.80. The highest BCUT2D eigenvalue weighted by atomic mass is 32.2. The average molecular weight is 552 g/mol. The van der Waals surface area contributed by atoms with Gasteiger partial charge >= 0.3 is 6.18 Å². The van der Waals surface area contributed by atoms with Crippen molar-refractivity contribution in [2.75, 3.05) is 25.5 Å². The summed E-state index contributed by atoms with van der Waals surface area (Å²) >= 11 is 0. The molecule has 206 valence electrons. The molecule has 2 aliphatic heterocycles. The minimum atomic E-state index is -4.41. The number of likely N-dealkylation sites (tertiary alicyclic amines) is 1. The second kappa shape index (κ2) is 10.6. The largest absolute Gasteiger partial charge is 0.416 e. The van der Waals surface area contributed by atoms with E-state index in [2.05, 4.69) is 0 Å². The number of benzene rings is 2. The van der Waals surface area contributed by atoms with Crippen LogP contribution in [0.3, 0.4) is 0 Å². The van der Waals surface area contributed by atoms with Crippen LogP contribution in [0, 0.1) is 11.8 Å². The van der Waals surface area contributed by atoms with Gasteiger partial charge in [-0.2, -0.15) is 13.2 Å². The lowest BCUT2D eigenvalue weighted by molar-refractivity contribution is -0.195. The lowest BCUT2D eigenvalue weighted by Gasteiger charge is -2.44. The highest BCUT2D eigenvalue weighted by Gasteiger charge is 2.50. The summed E-state index contributed by atoms with van der Waals surface area (Å²) in [5, 5.41) is 0. The fraction of sp³-hybridized carbons (Fsp3) is 0.536. The van der Waals surface area contributed by atoms with Crippen molar-refractivity contribution >= 4 is 15.7 Å². The Hall–Kier alpha value is -2.43. The Morgan fingerprint density at radius 2 is 1.74 bits per heavy atom. The number of carbonyl (C=O) groups is 1. The number of nitrogens with zero attached hydrogens (tertiary/aromatic N) is 1. The molecule has 3 fully saturated rings. The predicted molar refractivity (Wildman–Crippen MR) is 134 cm³/mol. The van der Waals surface area contributed by atoms with E-state index in [1.54, 1.807) is 36.4 Å². The summed E-state index contributed by atoms with van der Waals surface area (Å²) < 4.78 is 77.7. The molecule has 5 rings (SSSR count). The topological polar surface area (TPSA) is 72.9 Å². The number of hydrogen-bond acceptors (Lipinski definition) is 5. The molecule has 0 N–H and O–H groups in total. The van der Waals surface area contributed by atoms with Gasteiger partial charge in [0.25, 0.3) is 0 Å². The lowest BCUT2D eigenvalue weighted by Crippen LogP contribution is -2.52. The third-order valence-electron chi connectivity index (χ3n) is 8.07. The number of alkyl halides is 3. The molecule has 6 nitrogen and oxygen atoms in total. The average Bonchev–Trinajstić information content (AvgIpc) is 3.49. The van der Waals surface area contributed by atoms with Crippen LogP contribution < -0.4 is 0 Å². The molecular formula is C28H32F3NO5S. The molecule has 0 aromatic heterocycles. The molecule has 3 aliphatic rings. The van der Waals surface area contributed by atoms with Crippen molar-refractivity contribution in [2.45, 2.75) is 61.4 Å². The second-order valence-corrected chi connectivity index (χ2v) is 12.6. The third kappa shape index (κ3) is 5.77. The zero-order chi connectivity index (χ0) is 27.0. The molecule has 3 atom stereocenters. The molecule has 1 saturated carbocycles. The number of ether oxygens (including phenoxy) is 2. The van der Waals surface area contributed by atoms with E-state index in [1.165, 1.54) is 6.07 Å². The Morgan fingerprint density at radius 1 is 1.00 bits per heavy atom. The zero-order valence-corrected chi connectivity index (χ0v) is 21.8. The van der Waals surface area contributed by atoms with E-state index in [-0.39, 0.29) is 34.4 Å². The Bertz CT molecular complexity index is 1240. The molecule has 3 unspecified atom stereocenters. The van der Waals surface area contributed by atoms with Crippen LogP contribution in [0.5, 0.6) is 0 Å². The molecule has 1 aliphatic carbocycles. The monoisotopic (exact) mass is 551 g/mol. The number of carbonyl (C=O) groups excluding carboxylic acids is 1. The second-order valence-electron chi connectivity index (χ2n) is 10.5. The van der Waals surface area contributed by atoms with Crippen LogP contribution >= 0.6 is 0 Å². The first-order valence-electron chi connectivity index (χ1n) is 13.1. The van der Waals surface area contributed by atoms with E-state index in [9.17, 15) is 26.4 Å². The molecule has 2 aromatic carbocycles. The zero-order valence-electron chi connectivity index (χ0n) is 21.0. The summed E-state index contributed by atoms with van der Waals surface area (Å²) in [6, 6.07) is 13.3. The van der Waals surface area contributed by atoms with E-state index in [0.29, 0.717) is 63.8 Å². The quantitative estimate of drug-likeness (QED) is 0.491. The van der Waals surface area contributed by atoms with Gasteiger partial charge < -0.3 is 14.4 Å². The normalized spacial score (nSPS) is 25.8. The van der Waals surface area contributed by atoms with Crippen LogP contribution in [0.1, 0.15) is 43.2 Å². The highest BCUT2D eigenvalue weighted by molar-refractivity contribution is 7.91. The van der Waals surface area contributed by atoms with Gasteiger partial charge in [0.15, 0.2) is 15.6 Å². The molecule has 0 radical (unpaired) electrons. The molecule has 2 saturated heterocycles. The number of aryl methyl sites for hydroxylation is 1. The van der Waals surface area contributed by atoms with E-state index < -0.39 is 27.4 Å². The van der Waals surface area contributed by atoms with Gasteiger partial charge in [0.05, 0.1) is 29.4 Å². The summed E-state index contributed by atoms with van der Waals surface area (Å²) in [5.41, 5.74) is -0.141. The van der Waals surface area contributed by atoms with Gasteiger partial charge in [-0.05, 0) is 55.4 Å². The van der Waals surface area contributed by atoms with Gasteiger partial charge in [-0.3, -0.25) is 4.79 Å². The van der Waals surface area contributed by atoms with Crippen molar-refractivity contribution < 1.29 is 35.9 Å². The summed E-state index contributed by atoms with van der Waals surface area (Å²) in [7, 11) is -3.60. The third-order valence-corrected chi connectivity index (χ3v) is 9.93. The van der Waals surface area contributed by atoms with Crippen LogP contribution in [0.2, 0.25) is 0 Å². The minimum absolute atomic E-state index is 0.0479. The number of halogens is 3. The summed E-state index contributed by atoms with van der Waals surface area (Å²) in [5.74, 6) is -1.63. The molecule has 0 bridgehead atoms. The van der Waals surface area contributed by atoms with Crippen LogP contribution in [0.15, 0.2) is 59.5 Å². The smallest absolute Gasteiger partial charge is 0.348 e. The van der Waals surface area contributed by atoms with Crippen LogP contribution in [-0.4, -0.2) is 56.6 Å². The van der Waals surface area contributed by atoms with Crippen molar-refractivity contribution in [3.05, 3.63) is 65.7 Å². The van der Waals surface area contributed by atoms with E-state index in [0.717, 1.165) is 12.1 Å². The van der Waals surface area contributed by atoms with Crippen LogP contribution in [0.25, 0.3) is 0 Å². The Labute approximate surface area is 221 Å². The van der Waals surface area contributed by atoms with Crippen LogP contribution in [0.4, 0.5) is 13.2 Å². The standard InChI is InChI=1S/C28H32F3NO5S/c29-28(30,31)23-6-4-5-20(17-23)9-10-21-12-14-32(26(21)33)25-11-13-27(36-15-16-37-27)18-22(25)19-38(34,35)24-7-2-1-3-8-24/h1-8,17,21-22,25H,9-16,18-19H2. The van der Waals surface area contributed by atoms with Gasteiger partial charge in [0.2, 0.25) is 5.91 Å². The van der Waals surface area contributed by atoms with Crippen molar-refractivity contribution in [1.29, 1.82) is 0 Å². The number of sulfone groups is 1. The molecule has 2 aromatic rings. The van der Waals surface area contributed by atoms with Gasteiger partial charge in [-0.15, -0.1) is 0 Å². The number of rotatable bonds is 7. The number of hydrogen-bond donors (Lipinski definition) is 0. The Balaban J connectivity index is 1.29. The van der Waals surface area contributed by atoms with Crippen LogP contribution in [-0.2, 0) is 36.7 Å². The van der Waals surface area contributed by atoms with Crippen molar-refractivity contribution in [1.82, 2.24) is 4.90 Å². The van der Waals surface area contributed by atoms with Gasteiger partial charge in [-0.1, -0.05) is 36.4 Å². The van der Waals surface area contributed by atoms with E-state index in [4.69, 9.17) is 9.47 Å². The van der Waals surface area contributed by atoms with Crippen molar-refractivity contribution in [2.24, 2.45) is 11.8 Å². The van der Waals surface area contributed by atoms with Gasteiger partial charge in [0.1, 0.15) is 0 Å². The Kier molecular flexibility index (Phi) is 7.59. The molecule has 1 amide bonds. The molecular weight excluding hydrogens is 519 g/mol. The minimum Gasteiger partial charge on any atom is -0.348 e. The van der Waals surface area contributed by atoms with Gasteiger partial charge in [-0.25, -0.2) is 8.42 Å². The van der Waals surface area contributed by atoms with Crippen molar-refractivity contribution in [3.8, 4) is 0 Å². The van der Waals surface area contributed by atoms with E-state index in [1.807, 2.05) is 4.90 Å². The van der Waals surface area contributed by atoms with E-state index >= 15 is 0 Å². The fourth-order valence-electron chi connectivity index (χ4n) is 6.19. The SMILES string of the molecule is O=C1C(CCc2cccc(C(F)(F)F)c2)CCN1C1CCC2(CC1CS(=O)(=O)c1ccccc1)OCCO2. The summed E-state index contributed by atoms with van der Waals surface area (Å²) in [4.78, 5) is 15.5. The molecule has 1 spiro atoms. The first kappa shape index (κ1) is 27.1. The predicted octanol–water partition coefficient (Wildman–Crippen LogP) is 4.87. The maximum atomic E-state index is 13.5. The first-order chi connectivity index (χ1) is 18.1. The maximum absolute atomic E-state index is 13.5. The molecule has 2 heterocycles. The summed E-state index contributed by atoms with van der Waals surface area (Å²) in [6.07, 6.45) is -1.44. The number of amides is 1. The Morgan fingerprint density at radius 3 is 2.45 bits per heavy atom. The molecule has 38 heavy (non-hydrogen) atoms.